The molecule has 0 fully saturated rings. The Hall–Kier alpha value is -2.13. The molecule has 0 bridgehead atoms. The molecule has 2 rings (SSSR count). The molecule has 0 saturated carbocycles. The Kier molecular flexibility index (Phi) is 6.36. The summed E-state index contributed by atoms with van der Waals surface area (Å²) in [6, 6.07) is 17.3. The van der Waals surface area contributed by atoms with E-state index < -0.39 is 6.10 Å². The molecule has 122 valence electrons. The lowest BCUT2D eigenvalue weighted by molar-refractivity contribution is 0.0569. The number of rotatable bonds is 8. The Morgan fingerprint density at radius 2 is 1.70 bits per heavy atom. The fourth-order valence-electron chi connectivity index (χ4n) is 2.52. The summed E-state index contributed by atoms with van der Waals surface area (Å²) in [6.45, 7) is 6.33. The van der Waals surface area contributed by atoms with Gasteiger partial charge < -0.3 is 0 Å². The third-order valence-electron chi connectivity index (χ3n) is 3.80. The van der Waals surface area contributed by atoms with Crippen LogP contribution in [0.25, 0.3) is 0 Å². The molecular weight excluding hydrogens is 286 g/mol. The largest absolute Gasteiger partial charge is 0.291 e. The van der Waals surface area contributed by atoms with Gasteiger partial charge in [-0.05, 0) is 24.0 Å². The minimum absolute atomic E-state index is 0.0157. The smallest absolute Gasteiger partial charge is 0.194 e. The first-order valence-corrected chi connectivity index (χ1v) is 8.23. The molecular formula is C20H25NO2. The molecule has 3 heteroatoms. The molecule has 0 aliphatic carbocycles. The van der Waals surface area contributed by atoms with Gasteiger partial charge in [-0.2, -0.15) is 0 Å². The summed E-state index contributed by atoms with van der Waals surface area (Å²) in [7, 11) is 0. The van der Waals surface area contributed by atoms with E-state index in [-0.39, 0.29) is 5.78 Å². The van der Waals surface area contributed by atoms with Gasteiger partial charge in [0, 0.05) is 5.56 Å². The van der Waals surface area contributed by atoms with Crippen molar-refractivity contribution < 1.29 is 9.63 Å². The second-order valence-electron chi connectivity index (χ2n) is 5.97. The number of anilines is 1. The van der Waals surface area contributed by atoms with Crippen molar-refractivity contribution in [1.29, 1.82) is 0 Å². The summed E-state index contributed by atoms with van der Waals surface area (Å²) >= 11 is 0. The molecule has 1 N–H and O–H groups in total. The van der Waals surface area contributed by atoms with E-state index in [1.165, 1.54) is 5.56 Å². The second-order valence-corrected chi connectivity index (χ2v) is 5.97. The average molecular weight is 311 g/mol. The summed E-state index contributed by atoms with van der Waals surface area (Å²) in [4.78, 5) is 18.4. The van der Waals surface area contributed by atoms with Crippen molar-refractivity contribution >= 4 is 11.5 Å². The SMILES string of the molecule is CCCC(ONc1ccccc1C(C)C)C(=O)c1ccccc1. The number of carbonyl (C=O) groups excluding carboxylic acids is 1. The Labute approximate surface area is 138 Å². The number of Topliss-reactive ketones (excluding diaryl/α,β-unsaturated/α-hetero) is 1. The predicted molar refractivity (Wildman–Crippen MR) is 94.7 cm³/mol. The zero-order valence-electron chi connectivity index (χ0n) is 14.1. The third-order valence-corrected chi connectivity index (χ3v) is 3.80. The van der Waals surface area contributed by atoms with E-state index in [9.17, 15) is 4.79 Å². The maximum absolute atomic E-state index is 12.6. The number of hydrogen-bond acceptors (Lipinski definition) is 3. The summed E-state index contributed by atoms with van der Waals surface area (Å²) < 4.78 is 0. The van der Waals surface area contributed by atoms with Crippen molar-refractivity contribution in [2.75, 3.05) is 5.48 Å². The van der Waals surface area contributed by atoms with Crippen LogP contribution in [0.4, 0.5) is 5.69 Å². The molecule has 0 aliphatic heterocycles. The van der Waals surface area contributed by atoms with Gasteiger partial charge >= 0.3 is 0 Å². The summed E-state index contributed by atoms with van der Waals surface area (Å²) in [5.74, 6) is 0.402. The van der Waals surface area contributed by atoms with Crippen LogP contribution in [0, 0.1) is 0 Å². The van der Waals surface area contributed by atoms with Crippen LogP contribution < -0.4 is 5.48 Å². The summed E-state index contributed by atoms with van der Waals surface area (Å²) in [5.41, 5.74) is 5.79. The van der Waals surface area contributed by atoms with Gasteiger partial charge in [0.2, 0.25) is 0 Å². The summed E-state index contributed by atoms with van der Waals surface area (Å²) in [5, 5.41) is 0. The van der Waals surface area contributed by atoms with Crippen LogP contribution in [0.1, 0.15) is 55.5 Å². The van der Waals surface area contributed by atoms with Crippen LogP contribution in [0.3, 0.4) is 0 Å². The Morgan fingerprint density at radius 1 is 1.04 bits per heavy atom. The normalized spacial score (nSPS) is 12.2. The van der Waals surface area contributed by atoms with E-state index in [1.54, 1.807) is 0 Å². The maximum atomic E-state index is 12.6. The predicted octanol–water partition coefficient (Wildman–Crippen LogP) is 5.21. The molecule has 0 spiro atoms. The Balaban J connectivity index is 2.10. The minimum atomic E-state index is -0.484. The van der Waals surface area contributed by atoms with E-state index in [2.05, 4.69) is 32.3 Å². The van der Waals surface area contributed by atoms with Gasteiger partial charge in [0.05, 0.1) is 5.69 Å². The van der Waals surface area contributed by atoms with Crippen LogP contribution in [-0.2, 0) is 4.84 Å². The van der Waals surface area contributed by atoms with Crippen molar-refractivity contribution in [3.8, 4) is 0 Å². The molecule has 1 unspecified atom stereocenters. The number of carbonyl (C=O) groups is 1. The van der Waals surface area contributed by atoms with E-state index in [1.807, 2.05) is 48.5 Å². The molecule has 1 atom stereocenters. The van der Waals surface area contributed by atoms with Gasteiger partial charge in [0.25, 0.3) is 0 Å². The first kappa shape index (κ1) is 17.2. The quantitative estimate of drug-likeness (QED) is 0.537. The van der Waals surface area contributed by atoms with Crippen molar-refractivity contribution in [3.63, 3.8) is 0 Å². The Morgan fingerprint density at radius 3 is 2.35 bits per heavy atom. The lowest BCUT2D eigenvalue weighted by atomic mass is 10.0. The standard InChI is InChI=1S/C20H25NO2/c1-4-10-19(20(22)16-11-6-5-7-12-16)23-21-18-14-9-8-13-17(18)15(2)3/h5-9,11-15,19,21H,4,10H2,1-3H3. The minimum Gasteiger partial charge on any atom is -0.291 e. The second kappa shape index (κ2) is 8.49. The number of benzene rings is 2. The molecule has 2 aromatic carbocycles. The topological polar surface area (TPSA) is 38.3 Å². The molecule has 3 nitrogen and oxygen atoms in total. The maximum Gasteiger partial charge on any atom is 0.194 e. The van der Waals surface area contributed by atoms with E-state index in [0.717, 1.165) is 12.1 Å². The molecule has 2 aromatic rings. The highest BCUT2D eigenvalue weighted by Gasteiger charge is 2.21. The number of nitrogens with one attached hydrogen (secondary N) is 1. The van der Waals surface area contributed by atoms with Crippen LogP contribution in [0.2, 0.25) is 0 Å². The fourth-order valence-corrected chi connectivity index (χ4v) is 2.52. The van der Waals surface area contributed by atoms with Crippen LogP contribution in [0.5, 0.6) is 0 Å². The molecule has 0 aromatic heterocycles. The van der Waals surface area contributed by atoms with E-state index in [0.29, 0.717) is 17.9 Å². The molecule has 23 heavy (non-hydrogen) atoms. The fraction of sp³-hybridized carbons (Fsp3) is 0.350. The van der Waals surface area contributed by atoms with E-state index >= 15 is 0 Å². The highest BCUT2D eigenvalue weighted by molar-refractivity contribution is 5.99. The molecule has 0 heterocycles. The molecule has 0 saturated heterocycles. The highest BCUT2D eigenvalue weighted by Crippen LogP contribution is 2.24. The van der Waals surface area contributed by atoms with Gasteiger partial charge in [-0.25, -0.2) is 0 Å². The number of para-hydroxylation sites is 1. The first-order chi connectivity index (χ1) is 11.1. The lowest BCUT2D eigenvalue weighted by Gasteiger charge is -2.19. The summed E-state index contributed by atoms with van der Waals surface area (Å²) in [6.07, 6.45) is 1.09. The van der Waals surface area contributed by atoms with Gasteiger partial charge in [-0.1, -0.05) is 75.7 Å². The molecule has 0 amide bonds. The van der Waals surface area contributed by atoms with Crippen molar-refractivity contribution in [3.05, 3.63) is 65.7 Å². The average Bonchev–Trinajstić information content (AvgIpc) is 2.59. The van der Waals surface area contributed by atoms with Crippen LogP contribution in [0.15, 0.2) is 54.6 Å². The van der Waals surface area contributed by atoms with Crippen molar-refractivity contribution in [1.82, 2.24) is 0 Å². The van der Waals surface area contributed by atoms with Gasteiger partial charge in [-0.3, -0.25) is 15.1 Å². The van der Waals surface area contributed by atoms with Gasteiger partial charge in [0.1, 0.15) is 6.10 Å². The van der Waals surface area contributed by atoms with Crippen LogP contribution in [-0.4, -0.2) is 11.9 Å². The van der Waals surface area contributed by atoms with Gasteiger partial charge in [0.15, 0.2) is 5.78 Å². The monoisotopic (exact) mass is 311 g/mol. The van der Waals surface area contributed by atoms with Gasteiger partial charge in [-0.15, -0.1) is 0 Å². The molecule has 0 aliphatic rings. The molecule has 0 radical (unpaired) electrons. The van der Waals surface area contributed by atoms with E-state index in [4.69, 9.17) is 4.84 Å². The zero-order valence-corrected chi connectivity index (χ0v) is 14.1. The van der Waals surface area contributed by atoms with Crippen molar-refractivity contribution in [2.45, 2.75) is 45.6 Å². The number of ketones is 1. The third kappa shape index (κ3) is 4.67. The highest BCUT2D eigenvalue weighted by atomic mass is 16.7. The van der Waals surface area contributed by atoms with Crippen molar-refractivity contribution in [2.24, 2.45) is 0 Å². The van der Waals surface area contributed by atoms with Crippen LogP contribution >= 0.6 is 0 Å². The first-order valence-electron chi connectivity index (χ1n) is 8.23. The zero-order chi connectivity index (χ0) is 16.7. The number of hydrogen-bond donors (Lipinski definition) is 1. The Bertz CT molecular complexity index is 623. The lowest BCUT2D eigenvalue weighted by Crippen LogP contribution is -2.27.